The predicted octanol–water partition coefficient (Wildman–Crippen LogP) is 3.05. The quantitative estimate of drug-likeness (QED) is 0.720. The van der Waals surface area contributed by atoms with Gasteiger partial charge in [-0.3, -0.25) is 4.68 Å². The summed E-state index contributed by atoms with van der Waals surface area (Å²) in [5.74, 6) is 0.739. The van der Waals surface area contributed by atoms with E-state index in [0.29, 0.717) is 5.38 Å². The molecule has 0 N–H and O–H groups in total. The maximum absolute atomic E-state index is 6.35. The second-order valence-corrected chi connectivity index (χ2v) is 6.33. The molecule has 1 aliphatic rings. The molecule has 0 amide bonds. The molecule has 1 unspecified atom stereocenters. The standard InChI is InChI=1S/C13H21Cl2N3/c1-17(2)7-8-18-13(12(15)9-16-18)6-5-11(14)10-3-4-10/h9-11H,3-8H2,1-2H3. The van der Waals surface area contributed by atoms with E-state index in [0.717, 1.165) is 42.6 Å². The summed E-state index contributed by atoms with van der Waals surface area (Å²) in [5, 5.41) is 5.42. The molecule has 1 aromatic heterocycles. The Morgan fingerprint density at radius 2 is 2.22 bits per heavy atom. The van der Waals surface area contributed by atoms with E-state index < -0.39 is 0 Å². The van der Waals surface area contributed by atoms with Gasteiger partial charge in [-0.15, -0.1) is 11.6 Å². The Balaban J connectivity index is 1.90. The van der Waals surface area contributed by atoms with Crippen molar-refractivity contribution in [1.82, 2.24) is 14.7 Å². The number of halogens is 2. The lowest BCUT2D eigenvalue weighted by Crippen LogP contribution is -2.20. The molecule has 0 spiro atoms. The van der Waals surface area contributed by atoms with Crippen LogP contribution in [0.3, 0.4) is 0 Å². The summed E-state index contributed by atoms with van der Waals surface area (Å²) in [5.41, 5.74) is 1.13. The van der Waals surface area contributed by atoms with Crippen LogP contribution in [-0.2, 0) is 13.0 Å². The molecule has 1 fully saturated rings. The molecule has 5 heteroatoms. The van der Waals surface area contributed by atoms with E-state index in [9.17, 15) is 0 Å². The van der Waals surface area contributed by atoms with E-state index >= 15 is 0 Å². The largest absolute Gasteiger partial charge is 0.308 e. The molecule has 18 heavy (non-hydrogen) atoms. The van der Waals surface area contributed by atoms with Crippen LogP contribution in [0.15, 0.2) is 6.20 Å². The zero-order chi connectivity index (χ0) is 13.1. The van der Waals surface area contributed by atoms with Crippen molar-refractivity contribution in [2.24, 2.45) is 5.92 Å². The van der Waals surface area contributed by atoms with Gasteiger partial charge in [0.2, 0.25) is 0 Å². The van der Waals surface area contributed by atoms with Gasteiger partial charge in [-0.25, -0.2) is 0 Å². The molecule has 1 heterocycles. The lowest BCUT2D eigenvalue weighted by atomic mass is 10.1. The molecule has 0 aliphatic heterocycles. The Morgan fingerprint density at radius 3 is 2.83 bits per heavy atom. The third kappa shape index (κ3) is 3.87. The molecule has 0 bridgehead atoms. The van der Waals surface area contributed by atoms with Crippen molar-refractivity contribution in [2.45, 2.75) is 37.6 Å². The molecular weight excluding hydrogens is 269 g/mol. The van der Waals surface area contributed by atoms with Crippen molar-refractivity contribution >= 4 is 23.2 Å². The molecule has 1 saturated carbocycles. The van der Waals surface area contributed by atoms with Crippen molar-refractivity contribution in [3.05, 3.63) is 16.9 Å². The Morgan fingerprint density at radius 1 is 1.50 bits per heavy atom. The van der Waals surface area contributed by atoms with Crippen LogP contribution in [0.4, 0.5) is 0 Å². The van der Waals surface area contributed by atoms with Crippen molar-refractivity contribution in [2.75, 3.05) is 20.6 Å². The van der Waals surface area contributed by atoms with E-state index in [1.165, 1.54) is 12.8 Å². The van der Waals surface area contributed by atoms with Gasteiger partial charge in [0.15, 0.2) is 0 Å². The van der Waals surface area contributed by atoms with Gasteiger partial charge >= 0.3 is 0 Å². The van der Waals surface area contributed by atoms with Gasteiger partial charge in [-0.2, -0.15) is 5.10 Å². The zero-order valence-corrected chi connectivity index (χ0v) is 12.6. The van der Waals surface area contributed by atoms with Crippen molar-refractivity contribution in [3.63, 3.8) is 0 Å². The van der Waals surface area contributed by atoms with E-state index in [-0.39, 0.29) is 0 Å². The molecule has 0 aromatic carbocycles. The Labute approximate surface area is 119 Å². The molecule has 3 nitrogen and oxygen atoms in total. The van der Waals surface area contributed by atoms with Gasteiger partial charge in [0, 0.05) is 11.9 Å². The lowest BCUT2D eigenvalue weighted by Gasteiger charge is -2.13. The van der Waals surface area contributed by atoms with Crippen molar-refractivity contribution < 1.29 is 0 Å². The van der Waals surface area contributed by atoms with Gasteiger partial charge in [0.25, 0.3) is 0 Å². The first-order valence-corrected chi connectivity index (χ1v) is 7.38. The molecule has 0 saturated heterocycles. The van der Waals surface area contributed by atoms with Crippen LogP contribution in [0.2, 0.25) is 5.02 Å². The van der Waals surface area contributed by atoms with Gasteiger partial charge in [-0.1, -0.05) is 11.6 Å². The van der Waals surface area contributed by atoms with Crippen molar-refractivity contribution in [1.29, 1.82) is 0 Å². The number of hydrogen-bond acceptors (Lipinski definition) is 2. The first-order chi connectivity index (χ1) is 8.58. The third-order valence-corrected chi connectivity index (χ3v) is 4.34. The van der Waals surface area contributed by atoms with E-state index in [1.54, 1.807) is 6.20 Å². The Hall–Kier alpha value is -0.250. The van der Waals surface area contributed by atoms with Crippen LogP contribution in [-0.4, -0.2) is 40.7 Å². The number of aromatic nitrogens is 2. The summed E-state index contributed by atoms with van der Waals surface area (Å²) in [7, 11) is 4.12. The minimum atomic E-state index is 0.304. The fourth-order valence-corrected chi connectivity index (χ4v) is 2.69. The molecule has 1 atom stereocenters. The fraction of sp³-hybridized carbons (Fsp3) is 0.769. The highest BCUT2D eigenvalue weighted by Gasteiger charge is 2.29. The maximum atomic E-state index is 6.35. The van der Waals surface area contributed by atoms with Crippen LogP contribution >= 0.6 is 23.2 Å². The molecule has 1 aromatic rings. The second-order valence-electron chi connectivity index (χ2n) is 5.36. The molecule has 0 radical (unpaired) electrons. The molecule has 1 aliphatic carbocycles. The molecule has 102 valence electrons. The fourth-order valence-electron chi connectivity index (χ4n) is 2.09. The smallest absolute Gasteiger partial charge is 0.0817 e. The van der Waals surface area contributed by atoms with Crippen LogP contribution < -0.4 is 0 Å². The number of likely N-dealkylation sites (N-methyl/N-ethyl adjacent to an activating group) is 1. The zero-order valence-electron chi connectivity index (χ0n) is 11.1. The van der Waals surface area contributed by atoms with Crippen molar-refractivity contribution in [3.8, 4) is 0 Å². The topological polar surface area (TPSA) is 21.1 Å². The van der Waals surface area contributed by atoms with Crippen LogP contribution in [0.5, 0.6) is 0 Å². The van der Waals surface area contributed by atoms with E-state index in [2.05, 4.69) is 24.1 Å². The highest BCUT2D eigenvalue weighted by atomic mass is 35.5. The normalized spacial score (nSPS) is 17.4. The summed E-state index contributed by atoms with van der Waals surface area (Å²) >= 11 is 12.5. The monoisotopic (exact) mass is 289 g/mol. The predicted molar refractivity (Wildman–Crippen MR) is 76.5 cm³/mol. The minimum absolute atomic E-state index is 0.304. The summed E-state index contributed by atoms with van der Waals surface area (Å²) in [6.07, 6.45) is 6.26. The number of hydrogen-bond donors (Lipinski definition) is 0. The molecular formula is C13H21Cl2N3. The van der Waals surface area contributed by atoms with Gasteiger partial charge in [0.05, 0.1) is 23.5 Å². The summed E-state index contributed by atoms with van der Waals surface area (Å²) < 4.78 is 2.01. The summed E-state index contributed by atoms with van der Waals surface area (Å²) in [4.78, 5) is 2.15. The van der Waals surface area contributed by atoms with E-state index in [1.807, 2.05) is 4.68 Å². The highest BCUT2D eigenvalue weighted by Crippen LogP contribution is 2.37. The lowest BCUT2D eigenvalue weighted by molar-refractivity contribution is 0.369. The SMILES string of the molecule is CN(C)CCn1ncc(Cl)c1CCC(Cl)C1CC1. The summed E-state index contributed by atoms with van der Waals surface area (Å²) in [6.45, 7) is 1.85. The first kappa shape index (κ1) is 14.2. The molecule has 2 rings (SSSR count). The van der Waals surface area contributed by atoms with Gasteiger partial charge in [-0.05, 0) is 45.7 Å². The number of rotatable bonds is 7. The summed E-state index contributed by atoms with van der Waals surface area (Å²) in [6, 6.07) is 0. The third-order valence-electron chi connectivity index (χ3n) is 3.45. The first-order valence-electron chi connectivity index (χ1n) is 6.57. The minimum Gasteiger partial charge on any atom is -0.308 e. The Bertz CT molecular complexity index is 386. The average molecular weight is 290 g/mol. The average Bonchev–Trinajstić information content (AvgIpc) is 3.10. The second kappa shape index (κ2) is 6.27. The Kier molecular flexibility index (Phi) is 4.93. The maximum Gasteiger partial charge on any atom is 0.0817 e. The van der Waals surface area contributed by atoms with Crippen LogP contribution in [0.25, 0.3) is 0 Å². The van der Waals surface area contributed by atoms with E-state index in [4.69, 9.17) is 23.2 Å². The van der Waals surface area contributed by atoms with Crippen LogP contribution in [0, 0.1) is 5.92 Å². The number of alkyl halides is 1. The van der Waals surface area contributed by atoms with Crippen LogP contribution in [0.1, 0.15) is 25.0 Å². The number of nitrogens with zero attached hydrogens (tertiary/aromatic N) is 3. The highest BCUT2D eigenvalue weighted by molar-refractivity contribution is 6.31. The van der Waals surface area contributed by atoms with Gasteiger partial charge < -0.3 is 4.90 Å². The van der Waals surface area contributed by atoms with Gasteiger partial charge in [0.1, 0.15) is 0 Å².